The fraction of sp³-hybridized carbons (Fsp3) is 0.263. The largest absolute Gasteiger partial charge is 2.00 e. The van der Waals surface area contributed by atoms with Gasteiger partial charge in [0.2, 0.25) is 0 Å². The van der Waals surface area contributed by atoms with Crippen molar-refractivity contribution in [1.82, 2.24) is 57.8 Å². The second-order valence-electron chi connectivity index (χ2n) is 24.8. The van der Waals surface area contributed by atoms with E-state index in [1.807, 2.05) is 97.1 Å². The van der Waals surface area contributed by atoms with Crippen LogP contribution in [0.2, 0.25) is 0 Å². The third-order valence-electron chi connectivity index (χ3n) is 20.0. The summed E-state index contributed by atoms with van der Waals surface area (Å²) in [7, 11) is 8.98. The first-order chi connectivity index (χ1) is 44.6. The Kier molecular flexibility index (Phi) is 19.3. The molecule has 94 heavy (non-hydrogen) atoms. The van der Waals surface area contributed by atoms with Gasteiger partial charge < -0.3 is 52.9 Å². The summed E-state index contributed by atoms with van der Waals surface area (Å²) in [6.07, 6.45) is 0. The van der Waals surface area contributed by atoms with Crippen molar-refractivity contribution in [2.75, 3.05) is 80.5 Å². The van der Waals surface area contributed by atoms with E-state index in [0.717, 1.165) is 115 Å². The SMILES string of the molecule is CC[N+](C)(CC)c1cccc(Oc2cccc3c2-c2nc-3nc3[nH]c(nc4nc(nc5[nH]c(n2)c2cccc(Oc6cccc([N+](C)(CC)CC)c6)c52)-c2cccc(Oc5cccc([N+](C)(CC)CC)c5)c2-4)c2cccc(Oc4cccc([N+](C)(CC)CC)c4)c32)c1.[I-].[Zn+2]. The van der Waals surface area contributed by atoms with Crippen LogP contribution in [0.1, 0.15) is 55.4 Å². The maximum absolute atomic E-state index is 7.04. The monoisotopic (exact) mass is 1420 g/mol. The molecule has 0 unspecified atom stereocenters. The van der Waals surface area contributed by atoms with Crippen LogP contribution >= 0.6 is 0 Å². The zero-order valence-electron chi connectivity index (χ0n) is 56.0. The molecule has 13 rings (SSSR count). The van der Waals surface area contributed by atoms with Crippen molar-refractivity contribution >= 4 is 66.9 Å². The molecule has 5 heterocycles. The number of benzene rings is 8. The topological polar surface area (TPSA) is 146 Å². The minimum absolute atomic E-state index is 0. The molecule has 8 bridgehead atoms. The summed E-state index contributed by atoms with van der Waals surface area (Å²) in [5.74, 6) is 6.63. The first kappa shape index (κ1) is 67.0. The van der Waals surface area contributed by atoms with Gasteiger partial charge in [0.1, 0.15) is 91.3 Å². The number of ether oxygens (including phenoxy) is 4. The molecule has 0 fully saturated rings. The summed E-state index contributed by atoms with van der Waals surface area (Å²) in [4.78, 5) is 40.4. The summed E-state index contributed by atoms with van der Waals surface area (Å²) in [6, 6.07) is 57.3. The van der Waals surface area contributed by atoms with Crippen molar-refractivity contribution in [3.63, 3.8) is 0 Å². The fourth-order valence-corrected chi connectivity index (χ4v) is 12.6. The van der Waals surface area contributed by atoms with Crippen LogP contribution in [0.5, 0.6) is 46.0 Å². The molecule has 18 heteroatoms. The Morgan fingerprint density at radius 2 is 0.574 bits per heavy atom. The van der Waals surface area contributed by atoms with Crippen molar-refractivity contribution in [2.45, 2.75) is 55.4 Å². The number of H-pyrrole nitrogens is 2. The van der Waals surface area contributed by atoms with Gasteiger partial charge in [-0.15, -0.1) is 0 Å². The zero-order chi connectivity index (χ0) is 64.1. The standard InChI is InChI=1S/C76H82N12O4.HI.Zn/c1-13-85(9,14-2)49-29-21-33-53(45-49)89-61-41-25-37-57-65(61)73-77-69(57)82-74-67-59(39-27-43-63(67)91-55-35-23-31-51(47-55)87(11,17-5)18-6)71(79-74)84-76-68-60(40-28-44-64(68)92-56-36-24-32-52(48-56)88(12,19-7)20-8)72(80-76)83-75-66-58(70(78-75)81-73)38-26-42-62(66)90-54-34-22-30-50(46-54)86(10,15-3)16-4;;/h21-48H,13-20H2,1-12H3,(H2,77,78,79,80,81,82,83,84);1H;/q+4;;+2/p-1. The smallest absolute Gasteiger partial charge is 1.00 e. The van der Waals surface area contributed by atoms with Gasteiger partial charge >= 0.3 is 19.5 Å². The van der Waals surface area contributed by atoms with E-state index in [1.54, 1.807) is 0 Å². The predicted molar refractivity (Wildman–Crippen MR) is 377 cm³/mol. The van der Waals surface area contributed by atoms with Gasteiger partial charge in [-0.2, -0.15) is 0 Å². The third kappa shape index (κ3) is 12.2. The van der Waals surface area contributed by atoms with Gasteiger partial charge in [0.25, 0.3) is 0 Å². The summed E-state index contributed by atoms with van der Waals surface area (Å²) in [5, 5.41) is 2.89. The van der Waals surface area contributed by atoms with Gasteiger partial charge in [0.15, 0.2) is 23.3 Å². The molecular weight excluding hydrogens is 1340 g/mol. The molecule has 2 aliphatic heterocycles. The molecule has 0 saturated heterocycles. The van der Waals surface area contributed by atoms with E-state index in [9.17, 15) is 0 Å². The average Bonchev–Trinajstić information content (AvgIpc) is 1.59. The number of hydrogen-bond donors (Lipinski definition) is 2. The molecule has 0 saturated carbocycles. The predicted octanol–water partition coefficient (Wildman–Crippen LogP) is 14.9. The van der Waals surface area contributed by atoms with Crippen molar-refractivity contribution in [3.8, 4) is 91.5 Å². The molecule has 0 aliphatic carbocycles. The Morgan fingerprint density at radius 3 is 0.883 bits per heavy atom. The summed E-state index contributed by atoms with van der Waals surface area (Å²) >= 11 is 0. The van der Waals surface area contributed by atoms with E-state index in [-0.39, 0.29) is 43.5 Å². The van der Waals surface area contributed by atoms with Crippen LogP contribution in [-0.2, 0) is 19.5 Å². The molecule has 0 atom stereocenters. The van der Waals surface area contributed by atoms with Gasteiger partial charge in [-0.25, -0.2) is 29.9 Å². The third-order valence-corrected chi connectivity index (χ3v) is 20.0. The van der Waals surface area contributed by atoms with E-state index >= 15 is 0 Å². The Bertz CT molecular complexity index is 4520. The molecular formula is C76H82IN12O4Zn+5. The Morgan fingerprint density at radius 1 is 0.309 bits per heavy atom. The van der Waals surface area contributed by atoms with Gasteiger partial charge in [-0.3, -0.25) is 17.9 Å². The van der Waals surface area contributed by atoms with Crippen molar-refractivity contribution < 1.29 is 62.4 Å². The number of rotatable bonds is 20. The number of quaternary nitrogens is 4. The molecule has 2 N–H and O–H groups in total. The summed E-state index contributed by atoms with van der Waals surface area (Å²) < 4.78 is 31.1. The number of nitrogens with zero attached hydrogens (tertiary/aromatic N) is 10. The van der Waals surface area contributed by atoms with Crippen LogP contribution < -0.4 is 60.9 Å². The van der Waals surface area contributed by atoms with E-state index < -0.39 is 0 Å². The Balaban J connectivity index is 0.00000451. The second kappa shape index (κ2) is 27.1. The molecule has 474 valence electrons. The average molecular weight is 1420 g/mol. The maximum atomic E-state index is 7.04. The second-order valence-corrected chi connectivity index (χ2v) is 24.8. The summed E-state index contributed by atoms with van der Waals surface area (Å²) in [6.45, 7) is 25.1. The van der Waals surface area contributed by atoms with E-state index in [0.29, 0.717) is 114 Å². The van der Waals surface area contributed by atoms with Crippen LogP contribution in [-0.4, -0.2) is 120 Å². The molecule has 2 aliphatic rings. The molecule has 8 aromatic carbocycles. The van der Waals surface area contributed by atoms with Crippen molar-refractivity contribution in [2.24, 2.45) is 0 Å². The summed E-state index contributed by atoms with van der Waals surface area (Å²) in [5.41, 5.74) is 9.30. The number of aromatic nitrogens is 8. The van der Waals surface area contributed by atoms with Crippen LogP contribution in [0.4, 0.5) is 22.7 Å². The molecule has 0 amide bonds. The number of hydrogen-bond acceptors (Lipinski definition) is 10. The number of nitrogens with one attached hydrogen (secondary N) is 2. The first-order valence-corrected chi connectivity index (χ1v) is 32.4. The Hall–Kier alpha value is -8.49. The van der Waals surface area contributed by atoms with Crippen LogP contribution in [0.15, 0.2) is 170 Å². The maximum Gasteiger partial charge on any atom is 2.00 e. The fourth-order valence-electron chi connectivity index (χ4n) is 12.6. The normalized spacial score (nSPS) is 12.2. The van der Waals surface area contributed by atoms with Crippen LogP contribution in [0.25, 0.3) is 89.7 Å². The molecule has 3 aromatic heterocycles. The number of fused-ring (bicyclic) bond motifs is 20. The van der Waals surface area contributed by atoms with Crippen LogP contribution in [0.3, 0.4) is 0 Å². The van der Waals surface area contributed by atoms with Gasteiger partial charge in [0, 0.05) is 46.2 Å². The van der Waals surface area contributed by atoms with E-state index in [4.69, 9.17) is 48.9 Å². The number of aromatic amines is 2. The molecule has 16 nitrogen and oxygen atoms in total. The minimum Gasteiger partial charge on any atom is -1.00 e. The minimum atomic E-state index is 0. The Labute approximate surface area is 580 Å². The quantitative estimate of drug-likeness (QED) is 0.0430. The van der Waals surface area contributed by atoms with E-state index in [2.05, 4.69) is 166 Å². The molecule has 11 aromatic rings. The van der Waals surface area contributed by atoms with Gasteiger partial charge in [-0.1, -0.05) is 72.8 Å². The first-order valence-electron chi connectivity index (χ1n) is 32.4. The van der Waals surface area contributed by atoms with Crippen molar-refractivity contribution in [1.29, 1.82) is 0 Å². The molecule has 0 radical (unpaired) electrons. The van der Waals surface area contributed by atoms with Gasteiger partial charge in [-0.05, 0) is 128 Å². The van der Waals surface area contributed by atoms with Crippen molar-refractivity contribution in [3.05, 3.63) is 170 Å². The van der Waals surface area contributed by atoms with Gasteiger partial charge in [0.05, 0.1) is 102 Å². The van der Waals surface area contributed by atoms with E-state index in [1.165, 1.54) is 0 Å². The van der Waals surface area contributed by atoms with Crippen LogP contribution in [0, 0.1) is 0 Å². The molecule has 0 spiro atoms. The zero-order valence-corrected chi connectivity index (χ0v) is 61.1. The number of halogens is 1.